The molecule has 0 bridgehead atoms. The van der Waals surface area contributed by atoms with Crippen molar-refractivity contribution in [3.8, 4) is 0 Å². The van der Waals surface area contributed by atoms with E-state index in [0.717, 1.165) is 24.3 Å². The highest BCUT2D eigenvalue weighted by Crippen LogP contribution is 2.13. The number of likely N-dealkylation sites (N-methyl/N-ethyl adjacent to an activating group) is 1. The van der Waals surface area contributed by atoms with Crippen molar-refractivity contribution in [2.75, 3.05) is 32.0 Å². The van der Waals surface area contributed by atoms with Gasteiger partial charge in [0.05, 0.1) is 6.54 Å². The molecular weight excluding hydrogens is 250 g/mol. The lowest BCUT2D eigenvalue weighted by Crippen LogP contribution is -2.57. The molecule has 2 rings (SSSR count). The number of carbonyl (C=O) groups excluding carboxylic acids is 1. The lowest BCUT2D eigenvalue weighted by molar-refractivity contribution is -0.117. The normalized spacial score (nSPS) is 14.8. The summed E-state index contributed by atoms with van der Waals surface area (Å²) in [6.45, 7) is 4.40. The molecule has 100 valence electrons. The molecule has 1 heterocycles. The van der Waals surface area contributed by atoms with Crippen LogP contribution in [-0.2, 0) is 4.79 Å². The average molecular weight is 270 g/mol. The molecule has 1 aromatic rings. The third kappa shape index (κ3) is 3.70. The second-order valence-corrected chi connectivity index (χ2v) is 4.59. The van der Waals surface area contributed by atoms with Gasteiger partial charge in [-0.1, -0.05) is 18.2 Å². The third-order valence-electron chi connectivity index (χ3n) is 3.20. The SMILES string of the molecule is Cc1ccccc1NC(=O)CN(C)C1CNC1.Cl. The van der Waals surface area contributed by atoms with Crippen molar-refractivity contribution >= 4 is 24.0 Å². The second-order valence-electron chi connectivity index (χ2n) is 4.59. The number of benzene rings is 1. The van der Waals surface area contributed by atoms with E-state index in [2.05, 4.69) is 15.5 Å². The smallest absolute Gasteiger partial charge is 0.238 e. The van der Waals surface area contributed by atoms with Crippen LogP contribution in [0.1, 0.15) is 5.56 Å². The van der Waals surface area contributed by atoms with E-state index in [9.17, 15) is 4.79 Å². The fourth-order valence-electron chi connectivity index (χ4n) is 1.84. The van der Waals surface area contributed by atoms with Crippen molar-refractivity contribution in [3.63, 3.8) is 0 Å². The number of halogens is 1. The monoisotopic (exact) mass is 269 g/mol. The highest BCUT2D eigenvalue weighted by atomic mass is 35.5. The minimum absolute atomic E-state index is 0. The molecular formula is C13H20ClN3O. The van der Waals surface area contributed by atoms with Crippen molar-refractivity contribution in [1.82, 2.24) is 10.2 Å². The van der Waals surface area contributed by atoms with Crippen molar-refractivity contribution in [1.29, 1.82) is 0 Å². The maximum absolute atomic E-state index is 11.8. The molecule has 2 N–H and O–H groups in total. The lowest BCUT2D eigenvalue weighted by Gasteiger charge is -2.35. The Morgan fingerprint density at radius 2 is 2.11 bits per heavy atom. The van der Waals surface area contributed by atoms with E-state index >= 15 is 0 Å². The number of nitrogens with zero attached hydrogens (tertiary/aromatic N) is 1. The summed E-state index contributed by atoms with van der Waals surface area (Å²) in [5, 5.41) is 6.14. The standard InChI is InChI=1S/C13H19N3O.ClH/c1-10-5-3-4-6-12(10)15-13(17)9-16(2)11-7-14-8-11;/h3-6,11,14H,7-9H2,1-2H3,(H,15,17);1H. The second kappa shape index (κ2) is 6.73. The Bertz CT molecular complexity index is 407. The van der Waals surface area contributed by atoms with Crippen molar-refractivity contribution < 1.29 is 4.79 Å². The topological polar surface area (TPSA) is 44.4 Å². The number of aryl methyl sites for hydroxylation is 1. The molecule has 0 saturated carbocycles. The van der Waals surface area contributed by atoms with E-state index in [-0.39, 0.29) is 18.3 Å². The Hall–Kier alpha value is -1.10. The Morgan fingerprint density at radius 3 is 2.67 bits per heavy atom. The molecule has 18 heavy (non-hydrogen) atoms. The number of hydrogen-bond acceptors (Lipinski definition) is 3. The molecule has 4 nitrogen and oxygen atoms in total. The summed E-state index contributed by atoms with van der Waals surface area (Å²) in [6, 6.07) is 8.32. The van der Waals surface area contributed by atoms with Crippen LogP contribution in [0.4, 0.5) is 5.69 Å². The first-order chi connectivity index (χ1) is 8.16. The van der Waals surface area contributed by atoms with Gasteiger partial charge in [-0.25, -0.2) is 0 Å². The van der Waals surface area contributed by atoms with E-state index in [1.807, 2.05) is 38.2 Å². The van der Waals surface area contributed by atoms with Crippen molar-refractivity contribution in [2.24, 2.45) is 0 Å². The minimum Gasteiger partial charge on any atom is -0.325 e. The van der Waals surface area contributed by atoms with Crippen LogP contribution in [0, 0.1) is 6.92 Å². The van der Waals surface area contributed by atoms with Crippen LogP contribution >= 0.6 is 12.4 Å². The maximum Gasteiger partial charge on any atom is 0.238 e. The number of para-hydroxylation sites is 1. The molecule has 1 amide bonds. The highest BCUT2D eigenvalue weighted by molar-refractivity contribution is 5.92. The van der Waals surface area contributed by atoms with Crippen LogP contribution in [0.25, 0.3) is 0 Å². The fraction of sp³-hybridized carbons (Fsp3) is 0.462. The summed E-state index contributed by atoms with van der Waals surface area (Å²) in [7, 11) is 1.99. The Kier molecular flexibility index (Phi) is 5.59. The van der Waals surface area contributed by atoms with E-state index < -0.39 is 0 Å². The van der Waals surface area contributed by atoms with Crippen molar-refractivity contribution in [3.05, 3.63) is 29.8 Å². The van der Waals surface area contributed by atoms with E-state index in [0.29, 0.717) is 12.6 Å². The number of nitrogens with one attached hydrogen (secondary N) is 2. The molecule has 1 saturated heterocycles. The molecule has 0 aliphatic carbocycles. The van der Waals surface area contributed by atoms with E-state index in [4.69, 9.17) is 0 Å². The van der Waals surface area contributed by atoms with Crippen LogP contribution in [0.2, 0.25) is 0 Å². The first kappa shape index (κ1) is 15.0. The van der Waals surface area contributed by atoms with Gasteiger partial charge in [-0.2, -0.15) is 0 Å². The fourth-order valence-corrected chi connectivity index (χ4v) is 1.84. The number of hydrogen-bond donors (Lipinski definition) is 2. The van der Waals surface area contributed by atoms with Gasteiger partial charge >= 0.3 is 0 Å². The van der Waals surface area contributed by atoms with E-state index in [1.165, 1.54) is 0 Å². The van der Waals surface area contributed by atoms with E-state index in [1.54, 1.807) is 0 Å². The number of anilines is 1. The first-order valence-electron chi connectivity index (χ1n) is 5.93. The summed E-state index contributed by atoms with van der Waals surface area (Å²) in [6.07, 6.45) is 0. The molecule has 1 aliphatic rings. The first-order valence-corrected chi connectivity index (χ1v) is 5.93. The van der Waals surface area contributed by atoms with Crippen LogP contribution in [0.5, 0.6) is 0 Å². The van der Waals surface area contributed by atoms with Gasteiger partial charge < -0.3 is 10.6 Å². The summed E-state index contributed by atoms with van der Waals surface area (Å²) >= 11 is 0. The van der Waals surface area contributed by atoms with Crippen molar-refractivity contribution in [2.45, 2.75) is 13.0 Å². The predicted octanol–water partition coefficient (Wildman–Crippen LogP) is 1.26. The van der Waals surface area contributed by atoms with Gasteiger partial charge in [-0.05, 0) is 25.6 Å². The Morgan fingerprint density at radius 1 is 1.44 bits per heavy atom. The molecule has 0 aromatic heterocycles. The van der Waals surface area contributed by atoms with Crippen LogP contribution in [0.3, 0.4) is 0 Å². The number of rotatable bonds is 4. The zero-order valence-corrected chi connectivity index (χ0v) is 11.6. The molecule has 1 aromatic carbocycles. The Balaban J connectivity index is 0.00000162. The van der Waals surface area contributed by atoms with Crippen LogP contribution in [-0.4, -0.2) is 43.5 Å². The van der Waals surface area contributed by atoms with Gasteiger partial charge in [0.25, 0.3) is 0 Å². The quantitative estimate of drug-likeness (QED) is 0.865. The molecule has 0 spiro atoms. The molecule has 1 fully saturated rings. The third-order valence-corrected chi connectivity index (χ3v) is 3.20. The zero-order valence-electron chi connectivity index (χ0n) is 10.8. The van der Waals surface area contributed by atoms with Crippen LogP contribution < -0.4 is 10.6 Å². The number of carbonyl (C=O) groups is 1. The predicted molar refractivity (Wildman–Crippen MR) is 76.3 cm³/mol. The summed E-state index contributed by atoms with van der Waals surface area (Å²) < 4.78 is 0. The van der Waals surface area contributed by atoms with Crippen LogP contribution in [0.15, 0.2) is 24.3 Å². The van der Waals surface area contributed by atoms with Gasteiger partial charge in [0, 0.05) is 24.8 Å². The molecule has 0 radical (unpaired) electrons. The maximum atomic E-state index is 11.8. The summed E-state index contributed by atoms with van der Waals surface area (Å²) in [4.78, 5) is 13.9. The molecule has 0 atom stereocenters. The summed E-state index contributed by atoms with van der Waals surface area (Å²) in [5.41, 5.74) is 1.99. The molecule has 0 unspecified atom stereocenters. The van der Waals surface area contributed by atoms with Gasteiger partial charge in [-0.15, -0.1) is 12.4 Å². The highest BCUT2D eigenvalue weighted by Gasteiger charge is 2.22. The van der Waals surface area contributed by atoms with Gasteiger partial charge in [0.1, 0.15) is 0 Å². The molecule has 5 heteroatoms. The van der Waals surface area contributed by atoms with Gasteiger partial charge in [0.2, 0.25) is 5.91 Å². The minimum atomic E-state index is 0. The van der Waals surface area contributed by atoms with Gasteiger partial charge in [0.15, 0.2) is 0 Å². The lowest BCUT2D eigenvalue weighted by atomic mass is 10.1. The largest absolute Gasteiger partial charge is 0.325 e. The van der Waals surface area contributed by atoms with Gasteiger partial charge in [-0.3, -0.25) is 9.69 Å². The summed E-state index contributed by atoms with van der Waals surface area (Å²) in [5.74, 6) is 0.0497. The molecule has 1 aliphatic heterocycles. The number of amides is 1. The Labute approximate surface area is 114 Å². The average Bonchev–Trinajstić information content (AvgIpc) is 2.18. The zero-order chi connectivity index (χ0) is 12.3.